The molecular formula is C34H43F3N8O2S. The Morgan fingerprint density at radius 2 is 1.77 bits per heavy atom. The fourth-order valence-electron chi connectivity index (χ4n) is 5.20. The number of aryl methyl sites for hydroxylation is 1. The number of carbonyl (C=O) groups is 1. The molecule has 0 spiro atoms. The van der Waals surface area contributed by atoms with Crippen LogP contribution >= 0.6 is 11.3 Å². The zero-order valence-corrected chi connectivity index (χ0v) is 28.2. The summed E-state index contributed by atoms with van der Waals surface area (Å²) in [5.41, 5.74) is 6.41. The summed E-state index contributed by atoms with van der Waals surface area (Å²) in [5.74, 6) is -1.06. The predicted octanol–water partition coefficient (Wildman–Crippen LogP) is 7.71. The topological polar surface area (TPSA) is 137 Å². The van der Waals surface area contributed by atoms with E-state index < -0.39 is 23.4 Å². The molecule has 0 saturated carbocycles. The molecule has 0 fully saturated rings. The fourth-order valence-corrected chi connectivity index (χ4v) is 5.97. The molecule has 0 bridgehead atoms. The van der Waals surface area contributed by atoms with Crippen LogP contribution in [0.3, 0.4) is 0 Å². The molecule has 0 aliphatic heterocycles. The van der Waals surface area contributed by atoms with Crippen molar-refractivity contribution in [3.63, 3.8) is 0 Å². The number of nitrogens with two attached hydrogens (primary N) is 1. The Balaban J connectivity index is 0.000000218. The molecule has 4 heterocycles. The van der Waals surface area contributed by atoms with Gasteiger partial charge >= 0.3 is 12.1 Å². The number of thiazole rings is 1. The Morgan fingerprint density at radius 1 is 1.02 bits per heavy atom. The molecule has 0 radical (unpaired) electrons. The van der Waals surface area contributed by atoms with Crippen LogP contribution in [0.5, 0.6) is 0 Å². The number of nitrogens with zero attached hydrogens (tertiary/aromatic N) is 6. The molecule has 10 nitrogen and oxygen atoms in total. The van der Waals surface area contributed by atoms with Gasteiger partial charge in [0, 0.05) is 35.9 Å². The number of halogens is 3. The SMILES string of the molecule is CCCCCCCCCCNCc1ccc2c(N)nccc2c1.Cc1cnn(Cc2nc(Cn3cc(C(=O)O)c(C(F)(F)F)n3)cs2)c1. The van der Waals surface area contributed by atoms with Crippen molar-refractivity contribution < 1.29 is 23.1 Å². The number of nitrogens with one attached hydrogen (secondary N) is 1. The van der Waals surface area contributed by atoms with Gasteiger partial charge in [-0.3, -0.25) is 9.36 Å². The highest BCUT2D eigenvalue weighted by Crippen LogP contribution is 2.31. The number of alkyl halides is 3. The molecule has 4 N–H and O–H groups in total. The van der Waals surface area contributed by atoms with E-state index in [-0.39, 0.29) is 6.54 Å². The molecule has 258 valence electrons. The number of hydrogen-bond acceptors (Lipinski definition) is 8. The summed E-state index contributed by atoms with van der Waals surface area (Å²) in [6, 6.07) is 8.44. The van der Waals surface area contributed by atoms with Gasteiger partial charge in [-0.2, -0.15) is 23.4 Å². The average Bonchev–Trinajstić information content (AvgIpc) is 3.79. The van der Waals surface area contributed by atoms with Crippen molar-refractivity contribution in [1.29, 1.82) is 0 Å². The number of aromatic nitrogens is 6. The van der Waals surface area contributed by atoms with Crippen molar-refractivity contribution in [3.05, 3.63) is 87.5 Å². The van der Waals surface area contributed by atoms with Crippen LogP contribution in [0.4, 0.5) is 19.0 Å². The lowest BCUT2D eigenvalue weighted by Gasteiger charge is -2.07. The Kier molecular flexibility index (Phi) is 13.5. The van der Waals surface area contributed by atoms with Crippen LogP contribution in [-0.2, 0) is 25.8 Å². The second kappa shape index (κ2) is 17.7. The number of carboxylic acid groups (broad SMARTS) is 1. The van der Waals surface area contributed by atoms with Crippen LogP contribution in [-0.4, -0.2) is 47.1 Å². The monoisotopic (exact) mass is 684 g/mol. The van der Waals surface area contributed by atoms with Crippen LogP contribution < -0.4 is 11.1 Å². The third-order valence-corrected chi connectivity index (χ3v) is 8.52. The summed E-state index contributed by atoms with van der Waals surface area (Å²) in [6.45, 7) is 6.61. The first-order valence-corrected chi connectivity index (χ1v) is 17.1. The Labute approximate surface area is 282 Å². The zero-order valence-electron chi connectivity index (χ0n) is 27.3. The Hall–Kier alpha value is -4.30. The van der Waals surface area contributed by atoms with Crippen LogP contribution in [0.25, 0.3) is 10.8 Å². The Morgan fingerprint density at radius 3 is 2.44 bits per heavy atom. The van der Waals surface area contributed by atoms with Crippen molar-refractivity contribution in [2.75, 3.05) is 12.3 Å². The number of nitrogen functional groups attached to an aromatic ring is 1. The highest BCUT2D eigenvalue weighted by Gasteiger charge is 2.39. The predicted molar refractivity (Wildman–Crippen MR) is 182 cm³/mol. The van der Waals surface area contributed by atoms with Crippen LogP contribution in [0.15, 0.2) is 54.4 Å². The highest BCUT2D eigenvalue weighted by atomic mass is 32.1. The summed E-state index contributed by atoms with van der Waals surface area (Å²) in [6.07, 6.45) is 12.3. The summed E-state index contributed by atoms with van der Waals surface area (Å²) < 4.78 is 41.2. The molecule has 0 aliphatic carbocycles. The number of rotatable bonds is 16. The van der Waals surface area contributed by atoms with Crippen molar-refractivity contribution in [2.45, 2.75) is 91.0 Å². The van der Waals surface area contributed by atoms with Gasteiger partial charge in [-0.05, 0) is 48.5 Å². The number of aromatic carboxylic acids is 1. The first-order chi connectivity index (χ1) is 23.0. The van der Waals surface area contributed by atoms with E-state index in [2.05, 4.69) is 50.6 Å². The van der Waals surface area contributed by atoms with Gasteiger partial charge in [0.05, 0.1) is 25.0 Å². The molecule has 4 aromatic heterocycles. The molecule has 5 rings (SSSR count). The lowest BCUT2D eigenvalue weighted by Crippen LogP contribution is -2.14. The fraction of sp³-hybridized carbons (Fsp3) is 0.441. The number of carboxylic acids is 1. The molecule has 48 heavy (non-hydrogen) atoms. The smallest absolute Gasteiger partial charge is 0.436 e. The number of benzene rings is 1. The van der Waals surface area contributed by atoms with Crippen LogP contribution in [0.2, 0.25) is 0 Å². The highest BCUT2D eigenvalue weighted by molar-refractivity contribution is 7.09. The summed E-state index contributed by atoms with van der Waals surface area (Å²) in [7, 11) is 0. The number of unbranched alkanes of at least 4 members (excludes halogenated alkanes) is 7. The molecule has 0 atom stereocenters. The van der Waals surface area contributed by atoms with E-state index in [0.717, 1.165) is 39.9 Å². The number of fused-ring (bicyclic) bond motifs is 1. The number of anilines is 1. The quantitative estimate of drug-likeness (QED) is 0.0900. The third-order valence-electron chi connectivity index (χ3n) is 7.64. The van der Waals surface area contributed by atoms with Gasteiger partial charge in [0.2, 0.25) is 0 Å². The van der Waals surface area contributed by atoms with E-state index >= 15 is 0 Å². The lowest BCUT2D eigenvalue weighted by atomic mass is 10.1. The van der Waals surface area contributed by atoms with Gasteiger partial charge in [0.15, 0.2) is 5.69 Å². The standard InChI is InChI=1S/C20H31N3.C14H12F3N5O2S/c1-2-3-4-5-6-7-8-9-13-22-16-17-10-11-19-18(15-17)12-14-23-20(19)21;1-8-2-18-21(3-8)6-11-19-9(7-25-11)4-22-5-10(13(23)24)12(20-22)14(15,16)17/h10-12,14-15,22H,2-9,13,16H2,1H3,(H2,21,23);2-3,5,7H,4,6H2,1H3,(H,23,24). The zero-order chi connectivity index (χ0) is 34.5. The second-order valence-corrected chi connectivity index (χ2v) is 12.7. The largest absolute Gasteiger partial charge is 0.478 e. The van der Waals surface area contributed by atoms with Gasteiger partial charge in [-0.1, -0.05) is 64.0 Å². The third kappa shape index (κ3) is 11.2. The minimum atomic E-state index is -4.83. The molecule has 0 unspecified atom stereocenters. The number of pyridine rings is 1. The molecule has 0 aliphatic rings. The van der Waals surface area contributed by atoms with Crippen molar-refractivity contribution in [3.8, 4) is 0 Å². The molecule has 14 heteroatoms. The van der Waals surface area contributed by atoms with Crippen molar-refractivity contribution in [2.24, 2.45) is 0 Å². The minimum absolute atomic E-state index is 0.0506. The van der Waals surface area contributed by atoms with E-state index in [4.69, 9.17) is 10.8 Å². The second-order valence-electron chi connectivity index (χ2n) is 11.7. The maximum Gasteiger partial charge on any atom is 0.436 e. The van der Waals surface area contributed by atoms with E-state index in [9.17, 15) is 18.0 Å². The van der Waals surface area contributed by atoms with E-state index in [1.54, 1.807) is 22.5 Å². The van der Waals surface area contributed by atoms with Gasteiger partial charge in [0.25, 0.3) is 0 Å². The first kappa shape index (κ1) is 36.5. The number of hydrogen-bond donors (Lipinski definition) is 3. The molecule has 0 amide bonds. The van der Waals surface area contributed by atoms with Gasteiger partial charge in [-0.25, -0.2) is 14.8 Å². The minimum Gasteiger partial charge on any atom is -0.478 e. The molecular weight excluding hydrogens is 641 g/mol. The van der Waals surface area contributed by atoms with Gasteiger partial charge in [0.1, 0.15) is 16.4 Å². The maximum absolute atomic E-state index is 12.8. The summed E-state index contributed by atoms with van der Waals surface area (Å²) in [4.78, 5) is 19.4. The molecule has 0 saturated heterocycles. The van der Waals surface area contributed by atoms with Crippen LogP contribution in [0, 0.1) is 6.92 Å². The normalized spacial score (nSPS) is 11.5. The van der Waals surface area contributed by atoms with Crippen molar-refractivity contribution >= 4 is 33.9 Å². The first-order valence-electron chi connectivity index (χ1n) is 16.2. The molecule has 5 aromatic rings. The van der Waals surface area contributed by atoms with E-state index in [1.165, 1.54) is 73.7 Å². The lowest BCUT2D eigenvalue weighted by molar-refractivity contribution is -0.142. The maximum atomic E-state index is 12.8. The average molecular weight is 685 g/mol. The Bertz CT molecular complexity index is 1750. The summed E-state index contributed by atoms with van der Waals surface area (Å²) >= 11 is 1.34. The van der Waals surface area contributed by atoms with Crippen LogP contribution in [0.1, 0.15) is 96.2 Å². The molecule has 1 aromatic carbocycles. The van der Waals surface area contributed by atoms with Gasteiger partial charge < -0.3 is 16.2 Å². The van der Waals surface area contributed by atoms with E-state index in [1.807, 2.05) is 19.2 Å². The summed E-state index contributed by atoms with van der Waals surface area (Å²) in [5, 5.41) is 24.6. The van der Waals surface area contributed by atoms with E-state index in [0.29, 0.717) is 18.1 Å². The van der Waals surface area contributed by atoms with Gasteiger partial charge in [-0.15, -0.1) is 11.3 Å². The van der Waals surface area contributed by atoms with Crippen molar-refractivity contribution in [1.82, 2.24) is 34.8 Å².